The maximum atomic E-state index is 12.0. The first kappa shape index (κ1) is 24.4. The lowest BCUT2D eigenvalue weighted by atomic mass is 9.88. The first-order valence-electron chi connectivity index (χ1n) is 13.1. The van der Waals surface area contributed by atoms with E-state index in [1.54, 1.807) is 6.33 Å². The summed E-state index contributed by atoms with van der Waals surface area (Å²) in [7, 11) is -0.752. The monoisotopic (exact) mass is 522 g/mol. The Morgan fingerprint density at radius 3 is 2.73 bits per heavy atom. The van der Waals surface area contributed by atoms with Crippen LogP contribution in [-0.2, 0) is 15.6 Å². The molecule has 2 atom stereocenters. The fraction of sp³-hybridized carbons (Fsp3) is 0.519. The minimum Gasteiger partial charge on any atom is -0.483 e. The standard InChI is InChI=1S/C27H34N6O3S/c1-4-23(34)32-6-5-21(15-32)33-13-20(14-33)19-11-17(2)25-22(12-19)30-26-24(18(3)36-25)27(29-16-28-26)31-7-9-37(35)10-8-31/h4,11-12,16,18,20-21H,1,5-10,13-15H2,2-3H3,(H,28,29,30). The fourth-order valence-electron chi connectivity index (χ4n) is 6.00. The Morgan fingerprint density at radius 1 is 1.19 bits per heavy atom. The van der Waals surface area contributed by atoms with E-state index >= 15 is 0 Å². The molecule has 10 heteroatoms. The second-order valence-corrected chi connectivity index (χ2v) is 12.2. The number of amides is 1. The Kier molecular flexibility index (Phi) is 6.40. The number of hydrogen-bond acceptors (Lipinski definition) is 8. The number of benzene rings is 1. The van der Waals surface area contributed by atoms with Crippen molar-refractivity contribution in [2.45, 2.75) is 38.3 Å². The van der Waals surface area contributed by atoms with Gasteiger partial charge in [0.25, 0.3) is 0 Å². The molecule has 196 valence electrons. The van der Waals surface area contributed by atoms with Crippen molar-refractivity contribution in [3.8, 4) is 5.75 Å². The van der Waals surface area contributed by atoms with Gasteiger partial charge in [0, 0.05) is 73.5 Å². The van der Waals surface area contributed by atoms with Gasteiger partial charge in [0.1, 0.15) is 29.8 Å². The number of rotatable bonds is 4. The maximum Gasteiger partial charge on any atom is 0.246 e. The van der Waals surface area contributed by atoms with Crippen molar-refractivity contribution in [2.75, 3.05) is 61.0 Å². The third-order valence-corrected chi connectivity index (χ3v) is 9.41. The number of aromatic nitrogens is 2. The summed E-state index contributed by atoms with van der Waals surface area (Å²) in [5.74, 6) is 4.28. The van der Waals surface area contributed by atoms with Gasteiger partial charge in [-0.25, -0.2) is 9.97 Å². The van der Waals surface area contributed by atoms with Crippen LogP contribution in [0.4, 0.5) is 17.3 Å². The van der Waals surface area contributed by atoms with Crippen LogP contribution in [0.25, 0.3) is 0 Å². The van der Waals surface area contributed by atoms with E-state index in [0.29, 0.717) is 23.5 Å². The molecule has 3 fully saturated rings. The molecule has 4 aliphatic heterocycles. The third kappa shape index (κ3) is 4.50. The van der Waals surface area contributed by atoms with Crippen molar-refractivity contribution in [1.29, 1.82) is 0 Å². The molecular weight excluding hydrogens is 488 g/mol. The summed E-state index contributed by atoms with van der Waals surface area (Å²) in [5, 5.41) is 3.57. The second kappa shape index (κ2) is 9.72. The Bertz CT molecular complexity index is 1250. The molecule has 5 heterocycles. The average Bonchev–Trinajstić information content (AvgIpc) is 3.29. The van der Waals surface area contributed by atoms with Crippen molar-refractivity contribution in [3.63, 3.8) is 0 Å². The topological polar surface area (TPSA) is 90.9 Å². The number of nitrogens with one attached hydrogen (secondary N) is 1. The van der Waals surface area contributed by atoms with Crippen LogP contribution in [-0.4, -0.2) is 86.7 Å². The summed E-state index contributed by atoms with van der Waals surface area (Å²) < 4.78 is 18.4. The summed E-state index contributed by atoms with van der Waals surface area (Å²) in [4.78, 5) is 27.8. The number of carbonyl (C=O) groups excluding carboxylic acids is 1. The molecule has 1 aromatic carbocycles. The van der Waals surface area contributed by atoms with Crippen LogP contribution in [0.3, 0.4) is 0 Å². The Labute approximate surface area is 220 Å². The van der Waals surface area contributed by atoms with Crippen LogP contribution in [0.2, 0.25) is 0 Å². The predicted molar refractivity (Wildman–Crippen MR) is 145 cm³/mol. The third-order valence-electron chi connectivity index (χ3n) is 8.14. The van der Waals surface area contributed by atoms with E-state index in [9.17, 15) is 9.00 Å². The normalized spacial score (nSPS) is 24.4. The number of anilines is 3. The molecule has 4 aliphatic rings. The summed E-state index contributed by atoms with van der Waals surface area (Å²) >= 11 is 0. The Balaban J connectivity index is 1.21. The summed E-state index contributed by atoms with van der Waals surface area (Å²) in [5.41, 5.74) is 4.28. The van der Waals surface area contributed by atoms with Gasteiger partial charge in [-0.3, -0.25) is 13.9 Å². The van der Waals surface area contributed by atoms with Gasteiger partial charge in [0.05, 0.1) is 11.3 Å². The van der Waals surface area contributed by atoms with Gasteiger partial charge < -0.3 is 19.9 Å². The van der Waals surface area contributed by atoms with Crippen LogP contribution < -0.4 is 15.0 Å². The van der Waals surface area contributed by atoms with E-state index < -0.39 is 10.8 Å². The van der Waals surface area contributed by atoms with Crippen LogP contribution >= 0.6 is 0 Å². The van der Waals surface area contributed by atoms with Crippen molar-refractivity contribution in [1.82, 2.24) is 19.8 Å². The molecular formula is C27H34N6O3S. The molecule has 1 N–H and O–H groups in total. The number of hydrogen-bond donors (Lipinski definition) is 1. The molecule has 2 aromatic rings. The smallest absolute Gasteiger partial charge is 0.246 e. The molecule has 9 nitrogen and oxygen atoms in total. The minimum absolute atomic E-state index is 0.0313. The first-order valence-corrected chi connectivity index (χ1v) is 14.6. The van der Waals surface area contributed by atoms with Gasteiger partial charge in [-0.1, -0.05) is 12.6 Å². The van der Waals surface area contributed by atoms with E-state index in [1.807, 2.05) is 11.8 Å². The summed E-state index contributed by atoms with van der Waals surface area (Å²) in [6, 6.07) is 4.89. The Morgan fingerprint density at radius 2 is 1.97 bits per heavy atom. The lowest BCUT2D eigenvalue weighted by molar-refractivity contribution is -0.125. The first-order chi connectivity index (χ1) is 17.9. The quantitative estimate of drug-likeness (QED) is 0.613. The number of ether oxygens (including phenoxy) is 1. The Hall–Kier alpha value is -2.98. The molecule has 0 radical (unpaired) electrons. The molecule has 0 bridgehead atoms. The van der Waals surface area contributed by atoms with Gasteiger partial charge in [-0.05, 0) is 43.5 Å². The van der Waals surface area contributed by atoms with Crippen molar-refractivity contribution < 1.29 is 13.7 Å². The zero-order valence-electron chi connectivity index (χ0n) is 21.5. The SMILES string of the molecule is C=CC(=O)N1CCC(N2CC(c3cc(C)c4c(c3)Nc3ncnc(N5CCS(=O)CC5)c3C(C)O4)C2)C1. The van der Waals surface area contributed by atoms with Crippen molar-refractivity contribution >= 4 is 34.0 Å². The van der Waals surface area contributed by atoms with E-state index in [1.165, 1.54) is 11.6 Å². The molecule has 0 aliphatic carbocycles. The summed E-state index contributed by atoms with van der Waals surface area (Å²) in [6.07, 6.45) is 3.82. The molecule has 2 unspecified atom stereocenters. The molecule has 0 spiro atoms. The van der Waals surface area contributed by atoms with Crippen LogP contribution in [0.1, 0.15) is 42.1 Å². The zero-order valence-corrected chi connectivity index (χ0v) is 22.3. The van der Waals surface area contributed by atoms with Gasteiger partial charge in [-0.15, -0.1) is 0 Å². The maximum absolute atomic E-state index is 12.0. The highest BCUT2D eigenvalue weighted by molar-refractivity contribution is 7.85. The predicted octanol–water partition coefficient (Wildman–Crippen LogP) is 2.74. The van der Waals surface area contributed by atoms with Gasteiger partial charge in [0.15, 0.2) is 0 Å². The van der Waals surface area contributed by atoms with E-state index in [-0.39, 0.29) is 12.0 Å². The van der Waals surface area contributed by atoms with Crippen LogP contribution in [0, 0.1) is 6.92 Å². The van der Waals surface area contributed by atoms with E-state index in [0.717, 1.165) is 79.9 Å². The van der Waals surface area contributed by atoms with E-state index in [4.69, 9.17) is 4.74 Å². The molecule has 1 amide bonds. The number of carbonyl (C=O) groups is 1. The van der Waals surface area contributed by atoms with Crippen molar-refractivity contribution in [2.24, 2.45) is 0 Å². The highest BCUT2D eigenvalue weighted by atomic mass is 32.2. The minimum atomic E-state index is -0.752. The van der Waals surface area contributed by atoms with E-state index in [2.05, 4.69) is 50.7 Å². The van der Waals surface area contributed by atoms with Crippen LogP contribution in [0.15, 0.2) is 31.1 Å². The number of fused-ring (bicyclic) bond motifs is 2. The highest BCUT2D eigenvalue weighted by Crippen LogP contribution is 2.45. The number of nitrogens with zero attached hydrogens (tertiary/aromatic N) is 5. The number of aryl methyl sites for hydroxylation is 1. The zero-order chi connectivity index (χ0) is 25.7. The van der Waals surface area contributed by atoms with Crippen LogP contribution in [0.5, 0.6) is 5.75 Å². The summed E-state index contributed by atoms with van der Waals surface area (Å²) in [6.45, 7) is 12.8. The molecule has 6 rings (SSSR count). The molecule has 0 saturated carbocycles. The fourth-order valence-corrected chi connectivity index (χ4v) is 7.05. The largest absolute Gasteiger partial charge is 0.483 e. The lowest BCUT2D eigenvalue weighted by Crippen LogP contribution is -2.51. The van der Waals surface area contributed by atoms with Gasteiger partial charge in [-0.2, -0.15) is 0 Å². The molecule has 1 aromatic heterocycles. The molecule has 37 heavy (non-hydrogen) atoms. The van der Waals surface area contributed by atoms with Crippen molar-refractivity contribution in [3.05, 3.63) is 47.8 Å². The van der Waals surface area contributed by atoms with Gasteiger partial charge >= 0.3 is 0 Å². The lowest BCUT2D eigenvalue weighted by Gasteiger charge is -2.43. The number of likely N-dealkylation sites (tertiary alicyclic amines) is 2. The second-order valence-electron chi connectivity index (χ2n) is 10.5. The molecule has 3 saturated heterocycles. The highest BCUT2D eigenvalue weighted by Gasteiger charge is 2.38. The van der Waals surface area contributed by atoms with Gasteiger partial charge in [0.2, 0.25) is 5.91 Å². The average molecular weight is 523 g/mol.